The van der Waals surface area contributed by atoms with Crippen molar-refractivity contribution in [2.24, 2.45) is 0 Å². The van der Waals surface area contributed by atoms with Crippen LogP contribution in [0.2, 0.25) is 0 Å². The summed E-state index contributed by atoms with van der Waals surface area (Å²) in [6.07, 6.45) is -0.682. The van der Waals surface area contributed by atoms with Gasteiger partial charge in [0.25, 0.3) is 0 Å². The van der Waals surface area contributed by atoms with E-state index in [0.29, 0.717) is 13.0 Å². The molecule has 0 aliphatic carbocycles. The number of benzene rings is 1. The summed E-state index contributed by atoms with van der Waals surface area (Å²) >= 11 is 0. The standard InChI is InChI=1S/C11H13F3N2O3S.ClH/c12-6-3-8(14)11(4-7(6)13)20(18,19)16-9-1-2-15-5-10(9)17;/h3-4,9-10,15-17H,1-2,5H2;1H/t9-,10-;/m1./s1. The van der Waals surface area contributed by atoms with Gasteiger partial charge in [-0.25, -0.2) is 26.3 Å². The van der Waals surface area contributed by atoms with Gasteiger partial charge in [0.05, 0.1) is 12.1 Å². The van der Waals surface area contributed by atoms with Crippen LogP contribution in [0.3, 0.4) is 0 Å². The summed E-state index contributed by atoms with van der Waals surface area (Å²) in [5, 5.41) is 12.5. The van der Waals surface area contributed by atoms with E-state index >= 15 is 0 Å². The molecule has 0 bridgehead atoms. The highest BCUT2D eigenvalue weighted by Crippen LogP contribution is 2.19. The molecular weight excluding hydrogens is 333 g/mol. The first kappa shape index (κ1) is 18.2. The molecule has 0 amide bonds. The number of rotatable bonds is 3. The lowest BCUT2D eigenvalue weighted by Crippen LogP contribution is -2.52. The lowest BCUT2D eigenvalue weighted by molar-refractivity contribution is 0.113. The number of hydrogen-bond donors (Lipinski definition) is 3. The number of aliphatic hydroxyl groups excluding tert-OH is 1. The average Bonchev–Trinajstić information content (AvgIpc) is 2.36. The van der Waals surface area contributed by atoms with Crippen LogP contribution in [0.4, 0.5) is 13.2 Å². The minimum absolute atomic E-state index is 0. The molecule has 0 saturated carbocycles. The number of sulfonamides is 1. The van der Waals surface area contributed by atoms with Crippen LogP contribution in [0.15, 0.2) is 17.0 Å². The van der Waals surface area contributed by atoms with Gasteiger partial charge >= 0.3 is 0 Å². The van der Waals surface area contributed by atoms with Crippen molar-refractivity contribution in [2.75, 3.05) is 13.1 Å². The molecule has 0 aromatic heterocycles. The Morgan fingerprint density at radius 2 is 1.81 bits per heavy atom. The molecule has 2 rings (SSSR count). The molecule has 1 aromatic rings. The van der Waals surface area contributed by atoms with E-state index in [9.17, 15) is 26.7 Å². The van der Waals surface area contributed by atoms with Gasteiger partial charge in [-0.3, -0.25) is 0 Å². The van der Waals surface area contributed by atoms with Crippen molar-refractivity contribution in [2.45, 2.75) is 23.5 Å². The van der Waals surface area contributed by atoms with E-state index in [1.54, 1.807) is 0 Å². The summed E-state index contributed by atoms with van der Waals surface area (Å²) in [6, 6.07) is -0.364. The van der Waals surface area contributed by atoms with Crippen molar-refractivity contribution < 1.29 is 26.7 Å². The molecule has 0 spiro atoms. The maximum Gasteiger partial charge on any atom is 0.243 e. The van der Waals surface area contributed by atoms with Crippen molar-refractivity contribution >= 4 is 22.4 Å². The Balaban J connectivity index is 0.00000220. The molecule has 2 atom stereocenters. The molecule has 21 heavy (non-hydrogen) atoms. The molecule has 5 nitrogen and oxygen atoms in total. The first-order valence-electron chi connectivity index (χ1n) is 5.87. The van der Waals surface area contributed by atoms with Gasteiger partial charge in [0.2, 0.25) is 10.0 Å². The zero-order valence-electron chi connectivity index (χ0n) is 10.6. The Bertz CT molecular complexity index is 615. The summed E-state index contributed by atoms with van der Waals surface area (Å²) in [7, 11) is -4.38. The number of piperidine rings is 1. The van der Waals surface area contributed by atoms with Crippen molar-refractivity contribution in [3.63, 3.8) is 0 Å². The molecule has 1 aliphatic rings. The van der Waals surface area contributed by atoms with Gasteiger partial charge < -0.3 is 10.4 Å². The normalized spacial score (nSPS) is 22.7. The van der Waals surface area contributed by atoms with Gasteiger partial charge in [0.1, 0.15) is 10.7 Å². The van der Waals surface area contributed by atoms with Crippen molar-refractivity contribution in [1.29, 1.82) is 0 Å². The molecular formula is C11H14ClF3N2O3S. The Morgan fingerprint density at radius 1 is 1.19 bits per heavy atom. The Morgan fingerprint density at radius 3 is 2.43 bits per heavy atom. The van der Waals surface area contributed by atoms with E-state index in [4.69, 9.17) is 0 Å². The van der Waals surface area contributed by atoms with Crippen LogP contribution < -0.4 is 10.0 Å². The average molecular weight is 347 g/mol. The van der Waals surface area contributed by atoms with E-state index in [0.717, 1.165) is 0 Å². The van der Waals surface area contributed by atoms with Crippen LogP contribution in [-0.4, -0.2) is 38.8 Å². The van der Waals surface area contributed by atoms with Gasteiger partial charge in [0, 0.05) is 12.6 Å². The van der Waals surface area contributed by atoms with Crippen molar-refractivity contribution in [3.05, 3.63) is 29.6 Å². The molecule has 1 aliphatic heterocycles. The smallest absolute Gasteiger partial charge is 0.243 e. The lowest BCUT2D eigenvalue weighted by Gasteiger charge is -2.28. The fourth-order valence-electron chi connectivity index (χ4n) is 1.95. The van der Waals surface area contributed by atoms with Gasteiger partial charge in [-0.1, -0.05) is 0 Å². The Kier molecular flexibility index (Phi) is 6.00. The first-order valence-corrected chi connectivity index (χ1v) is 7.35. The van der Waals surface area contributed by atoms with E-state index in [1.807, 2.05) is 0 Å². The van der Waals surface area contributed by atoms with Crippen LogP contribution in [0.25, 0.3) is 0 Å². The van der Waals surface area contributed by atoms with E-state index in [-0.39, 0.29) is 31.1 Å². The van der Waals surface area contributed by atoms with Crippen LogP contribution in [0.1, 0.15) is 6.42 Å². The molecule has 0 radical (unpaired) electrons. The topological polar surface area (TPSA) is 78.4 Å². The second-order valence-electron chi connectivity index (χ2n) is 4.48. The summed E-state index contributed by atoms with van der Waals surface area (Å²) < 4.78 is 65.3. The zero-order valence-corrected chi connectivity index (χ0v) is 12.3. The number of β-amino-alcohol motifs (C(OH)–C–C–N with tert-alkyl or cyclic N) is 1. The first-order chi connectivity index (χ1) is 9.31. The van der Waals surface area contributed by atoms with E-state index < -0.39 is 44.5 Å². The quantitative estimate of drug-likeness (QED) is 0.698. The molecule has 10 heteroatoms. The summed E-state index contributed by atoms with van der Waals surface area (Å²) in [4.78, 5) is -0.984. The van der Waals surface area contributed by atoms with Gasteiger partial charge in [-0.15, -0.1) is 12.4 Å². The number of aliphatic hydroxyl groups is 1. The second kappa shape index (κ2) is 6.93. The zero-order chi connectivity index (χ0) is 14.9. The fraction of sp³-hybridized carbons (Fsp3) is 0.455. The molecule has 1 aromatic carbocycles. The van der Waals surface area contributed by atoms with Crippen LogP contribution >= 0.6 is 12.4 Å². The van der Waals surface area contributed by atoms with Gasteiger partial charge in [0.15, 0.2) is 11.6 Å². The van der Waals surface area contributed by atoms with E-state index in [2.05, 4.69) is 10.0 Å². The summed E-state index contributed by atoms with van der Waals surface area (Å²) in [5.41, 5.74) is 0. The number of halogens is 4. The van der Waals surface area contributed by atoms with Crippen molar-refractivity contribution in [1.82, 2.24) is 10.0 Å². The third-order valence-electron chi connectivity index (χ3n) is 3.02. The third-order valence-corrected chi connectivity index (χ3v) is 4.53. The highest BCUT2D eigenvalue weighted by molar-refractivity contribution is 7.89. The second-order valence-corrected chi connectivity index (χ2v) is 6.17. The minimum atomic E-state index is -4.38. The lowest BCUT2D eigenvalue weighted by atomic mass is 10.1. The summed E-state index contributed by atoms with van der Waals surface area (Å²) in [6.45, 7) is 0.665. The maximum absolute atomic E-state index is 13.5. The van der Waals surface area contributed by atoms with Gasteiger partial charge in [-0.2, -0.15) is 0 Å². The highest BCUT2D eigenvalue weighted by Gasteiger charge is 2.30. The monoisotopic (exact) mass is 346 g/mol. The Hall–Kier alpha value is -0.870. The molecule has 1 heterocycles. The fourth-order valence-corrected chi connectivity index (χ4v) is 3.33. The molecule has 1 saturated heterocycles. The third kappa shape index (κ3) is 4.07. The van der Waals surface area contributed by atoms with Crippen LogP contribution in [0.5, 0.6) is 0 Å². The molecule has 120 valence electrons. The van der Waals surface area contributed by atoms with Crippen molar-refractivity contribution in [3.8, 4) is 0 Å². The van der Waals surface area contributed by atoms with Gasteiger partial charge in [-0.05, 0) is 19.0 Å². The van der Waals surface area contributed by atoms with Crippen LogP contribution in [-0.2, 0) is 10.0 Å². The highest BCUT2D eigenvalue weighted by atomic mass is 35.5. The molecule has 0 unspecified atom stereocenters. The largest absolute Gasteiger partial charge is 0.390 e. The minimum Gasteiger partial charge on any atom is -0.390 e. The predicted molar refractivity (Wildman–Crippen MR) is 71.2 cm³/mol. The van der Waals surface area contributed by atoms with E-state index in [1.165, 1.54) is 0 Å². The number of hydrogen-bond acceptors (Lipinski definition) is 4. The maximum atomic E-state index is 13.5. The molecule has 1 fully saturated rings. The SMILES string of the molecule is Cl.O=S(=O)(N[C@@H]1CCNC[C@H]1O)c1cc(F)c(F)cc1F. The number of nitrogens with one attached hydrogen (secondary N) is 2. The Labute approximate surface area is 126 Å². The molecule has 3 N–H and O–H groups in total. The van der Waals surface area contributed by atoms with Crippen LogP contribution in [0, 0.1) is 17.5 Å². The predicted octanol–water partition coefficient (Wildman–Crippen LogP) is 0.527. The summed E-state index contributed by atoms with van der Waals surface area (Å²) in [5.74, 6) is -4.32.